The van der Waals surface area contributed by atoms with Gasteiger partial charge in [0, 0.05) is 29.4 Å². The number of rotatable bonds is 10. The van der Waals surface area contributed by atoms with E-state index in [2.05, 4.69) is 15.6 Å². The highest BCUT2D eigenvalue weighted by molar-refractivity contribution is 8.15. The van der Waals surface area contributed by atoms with Gasteiger partial charge in [0.25, 0.3) is 5.91 Å². The molecule has 216 valence electrons. The highest BCUT2D eigenvalue weighted by atomic mass is 32.2. The number of carbonyl (C=O) groups excluding carboxylic acids is 3. The predicted octanol–water partition coefficient (Wildman–Crippen LogP) is 4.52. The average Bonchev–Trinajstić information content (AvgIpc) is 3.34. The molecule has 5 rings (SSSR count). The molecule has 0 spiro atoms. The Morgan fingerprint density at radius 2 is 1.79 bits per heavy atom. The van der Waals surface area contributed by atoms with E-state index in [0.717, 1.165) is 5.56 Å². The second-order valence-electron chi connectivity index (χ2n) is 9.60. The summed E-state index contributed by atoms with van der Waals surface area (Å²) in [5.41, 5.74) is 2.77. The van der Waals surface area contributed by atoms with Crippen LogP contribution in [-0.2, 0) is 20.9 Å². The number of fused-ring (bicyclic) bond motifs is 3. The summed E-state index contributed by atoms with van der Waals surface area (Å²) in [4.78, 5) is 50.5. The standard InChI is InChI=1S/C31H31N5O5S/c1-4-26(30(39)33-20-11-9-12-21(16-20)40-2)42-31-34-23-14-7-6-13-22(23)28-35-29(38)24(36(28)31)17-27(37)32-18-19-10-5-8-15-25(19)41-3/h5-16,24,26H,4,17-18H2,1-3H3,(H,32,37)(H,33,39). The molecule has 3 aromatic carbocycles. The summed E-state index contributed by atoms with van der Waals surface area (Å²) in [7, 11) is 3.14. The number of para-hydroxylation sites is 2. The van der Waals surface area contributed by atoms with Crippen molar-refractivity contribution in [3.05, 3.63) is 83.9 Å². The van der Waals surface area contributed by atoms with Gasteiger partial charge in [0.1, 0.15) is 23.4 Å². The van der Waals surface area contributed by atoms with Crippen molar-refractivity contribution in [1.82, 2.24) is 10.2 Å². The number of thioether (sulfide) groups is 1. The second-order valence-corrected chi connectivity index (χ2v) is 10.8. The van der Waals surface area contributed by atoms with Crippen LogP contribution < -0.4 is 20.1 Å². The van der Waals surface area contributed by atoms with E-state index >= 15 is 0 Å². The number of benzene rings is 3. The number of ether oxygens (including phenoxy) is 2. The Labute approximate surface area is 248 Å². The van der Waals surface area contributed by atoms with Crippen molar-refractivity contribution in [2.45, 2.75) is 37.6 Å². The van der Waals surface area contributed by atoms with Gasteiger partial charge in [-0.1, -0.05) is 55.1 Å². The molecule has 0 radical (unpaired) electrons. The first-order chi connectivity index (χ1) is 20.4. The third kappa shape index (κ3) is 6.15. The monoisotopic (exact) mass is 585 g/mol. The normalized spacial score (nSPS) is 16.0. The molecule has 2 heterocycles. The van der Waals surface area contributed by atoms with Crippen LogP contribution in [0.3, 0.4) is 0 Å². The number of hydrogen-bond donors (Lipinski definition) is 2. The summed E-state index contributed by atoms with van der Waals surface area (Å²) in [6.07, 6.45) is 0.370. The van der Waals surface area contributed by atoms with Crippen molar-refractivity contribution >= 4 is 51.9 Å². The Hall–Kier alpha value is -4.64. The molecule has 0 saturated carbocycles. The molecular weight excluding hydrogens is 554 g/mol. The molecule has 0 aromatic heterocycles. The van der Waals surface area contributed by atoms with Crippen molar-refractivity contribution in [2.75, 3.05) is 19.5 Å². The fourth-order valence-electron chi connectivity index (χ4n) is 4.75. The quantitative estimate of drug-likeness (QED) is 0.359. The van der Waals surface area contributed by atoms with Gasteiger partial charge in [-0.3, -0.25) is 19.3 Å². The maximum atomic E-state index is 13.3. The molecular formula is C31H31N5O5S. The van der Waals surface area contributed by atoms with Crippen molar-refractivity contribution in [2.24, 2.45) is 9.98 Å². The third-order valence-corrected chi connectivity index (χ3v) is 8.23. The minimum Gasteiger partial charge on any atom is -0.497 e. The van der Waals surface area contributed by atoms with Crippen LogP contribution >= 0.6 is 11.8 Å². The Morgan fingerprint density at radius 1 is 1.00 bits per heavy atom. The van der Waals surface area contributed by atoms with Gasteiger partial charge in [-0.2, -0.15) is 4.99 Å². The number of amidine groups is 2. The lowest BCUT2D eigenvalue weighted by Gasteiger charge is -2.32. The van der Waals surface area contributed by atoms with E-state index in [9.17, 15) is 14.4 Å². The summed E-state index contributed by atoms with van der Waals surface area (Å²) < 4.78 is 10.6. The molecule has 0 saturated heterocycles. The molecule has 0 aliphatic carbocycles. The summed E-state index contributed by atoms with van der Waals surface area (Å²) in [5.74, 6) is 0.755. The lowest BCUT2D eigenvalue weighted by molar-refractivity contribution is -0.126. The molecule has 0 fully saturated rings. The van der Waals surface area contributed by atoms with E-state index in [-0.39, 0.29) is 24.8 Å². The van der Waals surface area contributed by atoms with Crippen LogP contribution in [0.25, 0.3) is 0 Å². The molecule has 10 nitrogen and oxygen atoms in total. The van der Waals surface area contributed by atoms with Crippen molar-refractivity contribution < 1.29 is 23.9 Å². The van der Waals surface area contributed by atoms with Crippen LogP contribution in [0.4, 0.5) is 11.4 Å². The number of hydrogen-bond acceptors (Lipinski definition) is 8. The zero-order valence-electron chi connectivity index (χ0n) is 23.5. The van der Waals surface area contributed by atoms with Crippen LogP contribution in [0.5, 0.6) is 11.5 Å². The molecule has 3 amide bonds. The van der Waals surface area contributed by atoms with Crippen LogP contribution in [-0.4, -0.2) is 59.1 Å². The maximum Gasteiger partial charge on any atom is 0.271 e. The average molecular weight is 586 g/mol. The van der Waals surface area contributed by atoms with E-state index < -0.39 is 17.2 Å². The summed E-state index contributed by atoms with van der Waals surface area (Å²) in [6.45, 7) is 2.16. The number of nitrogens with zero attached hydrogens (tertiary/aromatic N) is 3. The number of methoxy groups -OCH3 is 2. The van der Waals surface area contributed by atoms with E-state index in [1.807, 2.05) is 55.5 Å². The van der Waals surface area contributed by atoms with Crippen molar-refractivity contribution in [3.8, 4) is 11.5 Å². The van der Waals surface area contributed by atoms with Crippen LogP contribution in [0, 0.1) is 0 Å². The zero-order chi connectivity index (χ0) is 29.6. The highest BCUT2D eigenvalue weighted by Crippen LogP contribution is 2.36. The molecule has 3 aromatic rings. The van der Waals surface area contributed by atoms with Gasteiger partial charge in [-0.25, -0.2) is 4.99 Å². The minimum absolute atomic E-state index is 0.129. The molecule has 0 bridgehead atoms. The van der Waals surface area contributed by atoms with Gasteiger partial charge in [0.05, 0.1) is 31.6 Å². The van der Waals surface area contributed by atoms with Gasteiger partial charge >= 0.3 is 0 Å². The molecule has 2 aliphatic heterocycles. The minimum atomic E-state index is -0.892. The van der Waals surface area contributed by atoms with Crippen LogP contribution in [0.15, 0.2) is 82.8 Å². The third-order valence-electron chi connectivity index (χ3n) is 6.90. The summed E-state index contributed by atoms with van der Waals surface area (Å²) >= 11 is 1.24. The predicted molar refractivity (Wildman–Crippen MR) is 163 cm³/mol. The van der Waals surface area contributed by atoms with E-state index in [4.69, 9.17) is 14.5 Å². The van der Waals surface area contributed by atoms with Gasteiger partial charge in [0.15, 0.2) is 5.17 Å². The van der Waals surface area contributed by atoms with Gasteiger partial charge in [-0.05, 0) is 36.8 Å². The second kappa shape index (κ2) is 12.9. The lowest BCUT2D eigenvalue weighted by atomic mass is 10.1. The number of carbonyl (C=O) groups is 3. The van der Waals surface area contributed by atoms with E-state index in [1.165, 1.54) is 11.8 Å². The SMILES string of the molecule is CCC(SC1=Nc2ccccc2C2=NC(=O)C(CC(=O)NCc3ccccc3OC)N12)C(=O)Nc1cccc(OC)c1. The van der Waals surface area contributed by atoms with Gasteiger partial charge in [-0.15, -0.1) is 0 Å². The smallest absolute Gasteiger partial charge is 0.271 e. The summed E-state index contributed by atoms with van der Waals surface area (Å²) in [6, 6.07) is 21.0. The summed E-state index contributed by atoms with van der Waals surface area (Å²) in [5, 5.41) is 5.74. The lowest BCUT2D eigenvalue weighted by Crippen LogP contribution is -2.46. The van der Waals surface area contributed by atoms with Gasteiger partial charge in [0.2, 0.25) is 11.8 Å². The highest BCUT2D eigenvalue weighted by Gasteiger charge is 2.43. The first kappa shape index (κ1) is 28.9. The fourth-order valence-corrected chi connectivity index (χ4v) is 5.81. The number of aliphatic imine (C=N–C) groups is 2. The van der Waals surface area contributed by atoms with Crippen LogP contribution in [0.2, 0.25) is 0 Å². The zero-order valence-corrected chi connectivity index (χ0v) is 24.3. The topological polar surface area (TPSA) is 122 Å². The van der Waals surface area contributed by atoms with E-state index in [1.54, 1.807) is 43.4 Å². The Bertz CT molecular complexity index is 1570. The Kier molecular flexibility index (Phi) is 8.87. The largest absolute Gasteiger partial charge is 0.497 e. The number of amides is 3. The molecule has 2 unspecified atom stereocenters. The first-order valence-corrected chi connectivity index (χ1v) is 14.4. The van der Waals surface area contributed by atoms with Crippen molar-refractivity contribution in [3.63, 3.8) is 0 Å². The fraction of sp³-hybridized carbons (Fsp3) is 0.258. The molecule has 2 aliphatic rings. The number of anilines is 1. The maximum absolute atomic E-state index is 13.3. The van der Waals surface area contributed by atoms with Crippen LogP contribution in [0.1, 0.15) is 30.9 Å². The van der Waals surface area contributed by atoms with Gasteiger partial charge < -0.3 is 20.1 Å². The molecule has 2 atom stereocenters. The molecule has 2 N–H and O–H groups in total. The number of nitrogens with one attached hydrogen (secondary N) is 2. The first-order valence-electron chi connectivity index (χ1n) is 13.5. The molecule has 42 heavy (non-hydrogen) atoms. The Morgan fingerprint density at radius 3 is 2.57 bits per heavy atom. The van der Waals surface area contributed by atoms with Crippen molar-refractivity contribution in [1.29, 1.82) is 0 Å². The van der Waals surface area contributed by atoms with E-state index in [0.29, 0.717) is 45.9 Å². The molecule has 11 heteroatoms. The Balaban J connectivity index is 1.36.